The second-order valence-corrected chi connectivity index (χ2v) is 10.1. The van der Waals surface area contributed by atoms with Gasteiger partial charge in [0.25, 0.3) is 0 Å². The summed E-state index contributed by atoms with van der Waals surface area (Å²) in [6.45, 7) is 0. The Balaban J connectivity index is 1.84. The van der Waals surface area contributed by atoms with E-state index >= 15 is 0 Å². The van der Waals surface area contributed by atoms with Gasteiger partial charge in [0.2, 0.25) is 0 Å². The number of carbonyl (C=O) groups excluding carboxylic acids is 2. The van der Waals surface area contributed by atoms with Gasteiger partial charge in [-0.1, -0.05) is 0 Å². The summed E-state index contributed by atoms with van der Waals surface area (Å²) >= 11 is -0.484. The van der Waals surface area contributed by atoms with Crippen molar-refractivity contribution in [2.75, 3.05) is 14.2 Å². The second kappa shape index (κ2) is 7.52. The Morgan fingerprint density at radius 1 is 0.774 bits per heavy atom. The molecule has 5 heteroatoms. The van der Waals surface area contributed by atoms with E-state index < -0.39 is 31.2 Å². The molecule has 0 atom stereocenters. The molecule has 0 radical (unpaired) electrons. The normalized spacial score (nSPS) is 20.3. The van der Waals surface area contributed by atoms with Crippen LogP contribution in [-0.2, 0) is 23.4 Å². The molecule has 0 amide bonds. The van der Waals surface area contributed by atoms with E-state index in [4.69, 9.17) is 9.47 Å². The molecule has 154 valence electrons. The van der Waals surface area contributed by atoms with E-state index in [0.717, 1.165) is 0 Å². The summed E-state index contributed by atoms with van der Waals surface area (Å²) in [7, 11) is 2.65. The van der Waals surface area contributed by atoms with Gasteiger partial charge >= 0.3 is 187 Å². The fraction of sp³-hybridized carbons (Fsp3) is 0.154. The molecule has 0 saturated heterocycles. The molecule has 2 bridgehead atoms. The number of hydrogen-bond acceptors (Lipinski definition) is 4. The minimum absolute atomic E-state index is 0.160. The first kappa shape index (κ1) is 19.8. The van der Waals surface area contributed by atoms with Gasteiger partial charge in [-0.15, -0.1) is 0 Å². The Kier molecular flexibility index (Phi) is 4.81. The number of esters is 2. The average molecular weight is 475 g/mol. The third-order valence-electron chi connectivity index (χ3n) is 6.05. The zero-order chi connectivity index (χ0) is 21.6. The van der Waals surface area contributed by atoms with Crippen LogP contribution in [0.15, 0.2) is 83.3 Å². The van der Waals surface area contributed by atoms with Crippen LogP contribution < -0.4 is 0 Å². The molecule has 0 N–H and O–H groups in total. The van der Waals surface area contributed by atoms with Gasteiger partial charge in [-0.2, -0.15) is 0 Å². The second-order valence-electron chi connectivity index (χ2n) is 7.50. The van der Waals surface area contributed by atoms with Crippen molar-refractivity contribution in [2.24, 2.45) is 0 Å². The Hall–Kier alpha value is -3.14. The summed E-state index contributed by atoms with van der Waals surface area (Å²) in [5.41, 5.74) is 7.34. The predicted octanol–water partition coefficient (Wildman–Crippen LogP) is 3.72. The van der Waals surface area contributed by atoms with Gasteiger partial charge in [0, 0.05) is 0 Å². The molecule has 0 aromatic heterocycles. The quantitative estimate of drug-likeness (QED) is 0.328. The van der Waals surface area contributed by atoms with E-state index in [1.165, 1.54) is 53.7 Å². The third-order valence-corrected chi connectivity index (χ3v) is 9.14. The molecular weight excluding hydrogens is 455 g/mol. The topological polar surface area (TPSA) is 52.6 Å². The molecule has 3 aliphatic rings. The molecule has 3 aromatic rings. The van der Waals surface area contributed by atoms with Crippen LogP contribution in [0, 0.1) is 0 Å². The van der Waals surface area contributed by atoms with E-state index in [0.29, 0.717) is 4.47 Å². The first-order valence-corrected chi connectivity index (χ1v) is 11.7. The Morgan fingerprint density at radius 3 is 1.65 bits per heavy atom. The van der Waals surface area contributed by atoms with Crippen LogP contribution in [-0.4, -0.2) is 41.1 Å². The molecule has 3 aromatic carbocycles. The van der Waals surface area contributed by atoms with Crippen LogP contribution in [0.1, 0.15) is 39.3 Å². The molecule has 0 spiro atoms. The van der Waals surface area contributed by atoms with Crippen LogP contribution in [0.4, 0.5) is 0 Å². The van der Waals surface area contributed by atoms with Crippen molar-refractivity contribution in [2.45, 2.75) is 10.2 Å². The summed E-state index contributed by atoms with van der Waals surface area (Å²) in [6.07, 6.45) is 1.29. The number of ether oxygens (including phenoxy) is 2. The van der Waals surface area contributed by atoms with Crippen LogP contribution in [0.5, 0.6) is 0 Å². The monoisotopic (exact) mass is 476 g/mol. The SMILES string of the molecule is COC(=O)/C=C(/[Se]C12c3ccccc3C(c3ccccc31)c1ccccc12)C(=O)OC. The van der Waals surface area contributed by atoms with Crippen molar-refractivity contribution in [1.29, 1.82) is 0 Å². The molecule has 3 aliphatic carbocycles. The average Bonchev–Trinajstić information content (AvgIpc) is 2.83. The minimum atomic E-state index is -0.557. The van der Waals surface area contributed by atoms with Gasteiger partial charge in [-0.3, -0.25) is 0 Å². The standard InChI is InChI=1S/C26H20O4Se/c1-29-23(27)15-22(25(28)30-2)31-26-19-12-6-3-9-16(19)24(17-10-4-7-13-20(17)26)18-11-5-8-14-21(18)26/h3-15,24H,1-2H3/b22-15+. The zero-order valence-corrected chi connectivity index (χ0v) is 18.8. The molecule has 6 rings (SSSR count). The molecule has 31 heavy (non-hydrogen) atoms. The van der Waals surface area contributed by atoms with Gasteiger partial charge in [-0.25, -0.2) is 0 Å². The molecule has 0 heterocycles. The van der Waals surface area contributed by atoms with Gasteiger partial charge in [0.15, 0.2) is 0 Å². The van der Waals surface area contributed by atoms with Gasteiger partial charge < -0.3 is 0 Å². The van der Waals surface area contributed by atoms with Crippen molar-refractivity contribution < 1.29 is 19.1 Å². The number of rotatable bonds is 4. The maximum atomic E-state index is 12.8. The summed E-state index contributed by atoms with van der Waals surface area (Å²) in [6, 6.07) is 25.3. The number of benzene rings is 3. The summed E-state index contributed by atoms with van der Waals surface area (Å²) in [4.78, 5) is 24.9. The fourth-order valence-corrected chi connectivity index (χ4v) is 8.10. The molecule has 4 nitrogen and oxygen atoms in total. The Labute approximate surface area is 187 Å². The Bertz CT molecular complexity index is 1130. The van der Waals surface area contributed by atoms with Crippen LogP contribution in [0.2, 0.25) is 0 Å². The number of carbonyl (C=O) groups is 2. The van der Waals surface area contributed by atoms with Crippen molar-refractivity contribution in [3.05, 3.63) is 117 Å². The third kappa shape index (κ3) is 2.81. The summed E-state index contributed by atoms with van der Waals surface area (Å²) in [5.74, 6) is -0.898. The maximum absolute atomic E-state index is 12.8. The van der Waals surface area contributed by atoms with Crippen molar-refractivity contribution in [3.8, 4) is 0 Å². The van der Waals surface area contributed by atoms with Gasteiger partial charge in [0.1, 0.15) is 0 Å². The molecule has 0 aliphatic heterocycles. The summed E-state index contributed by atoms with van der Waals surface area (Å²) < 4.78 is 9.71. The Morgan fingerprint density at radius 2 is 1.23 bits per heavy atom. The molecule has 0 unspecified atom stereocenters. The van der Waals surface area contributed by atoms with E-state index in [9.17, 15) is 9.59 Å². The van der Waals surface area contributed by atoms with Crippen molar-refractivity contribution in [1.82, 2.24) is 0 Å². The number of methoxy groups -OCH3 is 2. The zero-order valence-electron chi connectivity index (χ0n) is 17.1. The van der Waals surface area contributed by atoms with Gasteiger partial charge in [-0.05, 0) is 0 Å². The van der Waals surface area contributed by atoms with Crippen LogP contribution >= 0.6 is 0 Å². The van der Waals surface area contributed by atoms with Crippen LogP contribution in [0.3, 0.4) is 0 Å². The molecule has 0 fully saturated rings. The van der Waals surface area contributed by atoms with Gasteiger partial charge in [0.05, 0.1) is 0 Å². The van der Waals surface area contributed by atoms with Crippen molar-refractivity contribution in [3.63, 3.8) is 0 Å². The number of hydrogen-bond donors (Lipinski definition) is 0. The summed E-state index contributed by atoms with van der Waals surface area (Å²) in [5, 5.41) is 0. The van der Waals surface area contributed by atoms with Crippen LogP contribution in [0.25, 0.3) is 0 Å². The van der Waals surface area contributed by atoms with E-state index in [1.54, 1.807) is 0 Å². The van der Waals surface area contributed by atoms with E-state index in [-0.39, 0.29) is 5.92 Å². The first-order chi connectivity index (χ1) is 15.1. The van der Waals surface area contributed by atoms with Crippen molar-refractivity contribution >= 4 is 26.9 Å². The first-order valence-electron chi connectivity index (χ1n) is 9.97. The van der Waals surface area contributed by atoms with E-state index in [2.05, 4.69) is 54.6 Å². The molecular formula is C26H20O4Se. The fourth-order valence-electron chi connectivity index (χ4n) is 4.87. The molecule has 0 saturated carbocycles. The predicted molar refractivity (Wildman–Crippen MR) is 118 cm³/mol. The van der Waals surface area contributed by atoms with E-state index in [1.807, 2.05) is 18.2 Å².